The largest absolute Gasteiger partial charge is 0.507 e. The van der Waals surface area contributed by atoms with Crippen molar-refractivity contribution < 1.29 is 29.0 Å². The number of ether oxygens (including phenoxy) is 2. The molecule has 0 aromatic heterocycles. The maximum absolute atomic E-state index is 13.5. The summed E-state index contributed by atoms with van der Waals surface area (Å²) in [5.74, 6) is -1.24. The van der Waals surface area contributed by atoms with Crippen molar-refractivity contribution in [3.8, 4) is 11.5 Å². The molecule has 0 aliphatic carbocycles. The molecule has 0 saturated carbocycles. The average Bonchev–Trinajstić information content (AvgIpc) is 3.13. The van der Waals surface area contributed by atoms with Crippen LogP contribution in [-0.4, -0.2) is 29.4 Å². The molecule has 0 bridgehead atoms. The van der Waals surface area contributed by atoms with Gasteiger partial charge < -0.3 is 14.6 Å². The fraction of sp³-hybridized carbons (Fsp3) is 0.233. The van der Waals surface area contributed by atoms with E-state index in [1.165, 1.54) is 11.8 Å². The number of benzene rings is 3. The van der Waals surface area contributed by atoms with Crippen LogP contribution in [0.2, 0.25) is 0 Å². The predicted octanol–water partition coefficient (Wildman–Crippen LogP) is 5.18. The summed E-state index contributed by atoms with van der Waals surface area (Å²) in [4.78, 5) is 40.0. The molecule has 0 spiro atoms. The minimum absolute atomic E-state index is 0.0270. The quantitative estimate of drug-likeness (QED) is 0.176. The summed E-state index contributed by atoms with van der Waals surface area (Å²) in [5, 5.41) is 11.5. The second-order valence-electron chi connectivity index (χ2n) is 9.46. The van der Waals surface area contributed by atoms with E-state index in [9.17, 15) is 19.5 Å². The fourth-order valence-corrected chi connectivity index (χ4v) is 5.08. The summed E-state index contributed by atoms with van der Waals surface area (Å²) in [5.41, 5.74) is 4.27. The first-order chi connectivity index (χ1) is 17.7. The van der Waals surface area contributed by atoms with Gasteiger partial charge >= 0.3 is 5.97 Å². The Labute approximate surface area is 214 Å². The molecule has 7 heteroatoms. The summed E-state index contributed by atoms with van der Waals surface area (Å²) in [7, 11) is 0. The summed E-state index contributed by atoms with van der Waals surface area (Å²) in [6, 6.07) is 16.7. The molecule has 1 atom stereocenters. The molecule has 1 N–H and O–H groups in total. The first kappa shape index (κ1) is 24.3. The van der Waals surface area contributed by atoms with Gasteiger partial charge in [-0.05, 0) is 91.4 Å². The second kappa shape index (κ2) is 9.58. The molecule has 5 rings (SSSR count). The zero-order chi connectivity index (χ0) is 26.3. The number of aliphatic hydroxyl groups excluding tert-OH is 1. The van der Waals surface area contributed by atoms with Crippen LogP contribution in [-0.2, 0) is 20.8 Å². The van der Waals surface area contributed by atoms with Crippen molar-refractivity contribution in [2.75, 3.05) is 11.5 Å². The third kappa shape index (κ3) is 4.60. The summed E-state index contributed by atoms with van der Waals surface area (Å²) >= 11 is 0. The number of carbonyl (C=O) groups excluding carboxylic acids is 3. The Kier molecular flexibility index (Phi) is 6.29. The van der Waals surface area contributed by atoms with Crippen LogP contribution in [0.25, 0.3) is 5.76 Å². The molecule has 37 heavy (non-hydrogen) atoms. The second-order valence-corrected chi connectivity index (χ2v) is 9.46. The minimum atomic E-state index is -0.927. The Morgan fingerprint density at radius 1 is 1.03 bits per heavy atom. The van der Waals surface area contributed by atoms with Gasteiger partial charge in [0.15, 0.2) is 0 Å². The number of amides is 1. The van der Waals surface area contributed by atoms with E-state index in [-0.39, 0.29) is 17.1 Å². The smallest absolute Gasteiger partial charge is 0.308 e. The van der Waals surface area contributed by atoms with E-state index < -0.39 is 23.7 Å². The van der Waals surface area contributed by atoms with E-state index >= 15 is 0 Å². The van der Waals surface area contributed by atoms with E-state index in [1.807, 2.05) is 32.0 Å². The van der Waals surface area contributed by atoms with E-state index in [2.05, 4.69) is 0 Å². The van der Waals surface area contributed by atoms with E-state index in [0.29, 0.717) is 23.4 Å². The first-order valence-electron chi connectivity index (χ1n) is 12.2. The molecular formula is C30H27NO6. The van der Waals surface area contributed by atoms with Crippen molar-refractivity contribution in [3.05, 3.63) is 94.1 Å². The highest BCUT2D eigenvalue weighted by Crippen LogP contribution is 2.43. The van der Waals surface area contributed by atoms with Gasteiger partial charge in [-0.25, -0.2) is 0 Å². The van der Waals surface area contributed by atoms with Crippen LogP contribution in [0.3, 0.4) is 0 Å². The van der Waals surface area contributed by atoms with Gasteiger partial charge in [0.2, 0.25) is 0 Å². The van der Waals surface area contributed by atoms with Gasteiger partial charge in [-0.1, -0.05) is 18.2 Å². The lowest BCUT2D eigenvalue weighted by Gasteiger charge is -2.26. The highest BCUT2D eigenvalue weighted by atomic mass is 16.5. The van der Waals surface area contributed by atoms with Crippen LogP contribution in [0.15, 0.2) is 66.2 Å². The van der Waals surface area contributed by atoms with Gasteiger partial charge in [0.25, 0.3) is 11.7 Å². The Balaban J connectivity index is 1.71. The molecule has 3 aromatic carbocycles. The molecule has 3 aromatic rings. The molecule has 2 aliphatic rings. The number of nitrogens with zero attached hydrogens (tertiary/aromatic N) is 1. The summed E-state index contributed by atoms with van der Waals surface area (Å²) < 4.78 is 11.0. The first-order valence-corrected chi connectivity index (χ1v) is 12.2. The number of carbonyl (C=O) groups is 3. The van der Waals surface area contributed by atoms with Gasteiger partial charge in [0.1, 0.15) is 17.3 Å². The molecule has 2 heterocycles. The molecule has 1 fully saturated rings. The van der Waals surface area contributed by atoms with Gasteiger partial charge in [-0.2, -0.15) is 0 Å². The standard InChI is InChI=1S/C30H27NO6/c1-17-12-18(2)14-23(13-17)31-27(21-6-4-8-24(16-21)37-19(3)32)26(29(34)30(31)35)28(33)22-9-10-25-20(15-22)7-5-11-36-25/h4,6,8-10,12-16,27,33H,5,7,11H2,1-3H3/b28-26-. The van der Waals surface area contributed by atoms with E-state index in [1.54, 1.807) is 42.5 Å². The van der Waals surface area contributed by atoms with E-state index in [0.717, 1.165) is 35.3 Å². The number of Topliss-reactive ketones (excluding diaryl/α,β-unsaturated/α-hetero) is 1. The Hall–Kier alpha value is -4.39. The number of aryl methyl sites for hydroxylation is 3. The van der Waals surface area contributed by atoms with Crippen LogP contribution in [0.4, 0.5) is 5.69 Å². The fourth-order valence-electron chi connectivity index (χ4n) is 5.08. The number of ketones is 1. The lowest BCUT2D eigenvalue weighted by atomic mass is 9.93. The zero-order valence-electron chi connectivity index (χ0n) is 20.9. The van der Waals surface area contributed by atoms with Crippen molar-refractivity contribution in [3.63, 3.8) is 0 Å². The molecular weight excluding hydrogens is 470 g/mol. The van der Waals surface area contributed by atoms with Crippen molar-refractivity contribution in [2.45, 2.75) is 39.7 Å². The van der Waals surface area contributed by atoms with Crippen molar-refractivity contribution in [2.24, 2.45) is 0 Å². The molecule has 7 nitrogen and oxygen atoms in total. The lowest BCUT2D eigenvalue weighted by molar-refractivity contribution is -0.132. The number of rotatable bonds is 4. The monoisotopic (exact) mass is 497 g/mol. The molecule has 1 amide bonds. The maximum Gasteiger partial charge on any atom is 0.308 e. The van der Waals surface area contributed by atoms with Gasteiger partial charge in [-0.3, -0.25) is 19.3 Å². The summed E-state index contributed by atoms with van der Waals surface area (Å²) in [6.45, 7) is 5.77. The van der Waals surface area contributed by atoms with Crippen molar-refractivity contribution in [1.29, 1.82) is 0 Å². The van der Waals surface area contributed by atoms with E-state index in [4.69, 9.17) is 9.47 Å². The van der Waals surface area contributed by atoms with Gasteiger partial charge in [-0.15, -0.1) is 0 Å². The molecule has 1 unspecified atom stereocenters. The van der Waals surface area contributed by atoms with Crippen LogP contribution in [0.5, 0.6) is 11.5 Å². The lowest BCUT2D eigenvalue weighted by Crippen LogP contribution is -2.29. The molecule has 188 valence electrons. The molecule has 1 saturated heterocycles. The maximum atomic E-state index is 13.5. The van der Waals surface area contributed by atoms with Crippen LogP contribution in [0.1, 0.15) is 47.2 Å². The normalized spacial score (nSPS) is 18.4. The Bertz CT molecular complexity index is 1450. The highest BCUT2D eigenvalue weighted by Gasteiger charge is 2.47. The third-order valence-corrected chi connectivity index (χ3v) is 6.55. The van der Waals surface area contributed by atoms with Gasteiger partial charge in [0, 0.05) is 18.2 Å². The van der Waals surface area contributed by atoms with Crippen LogP contribution >= 0.6 is 0 Å². The predicted molar refractivity (Wildman–Crippen MR) is 139 cm³/mol. The number of hydrogen-bond donors (Lipinski definition) is 1. The number of hydrogen-bond acceptors (Lipinski definition) is 6. The SMILES string of the molecule is CC(=O)Oc1cccc(C2/C(=C(/O)c3ccc4c(c3)CCCO4)C(=O)C(=O)N2c2cc(C)cc(C)c2)c1. The number of esters is 1. The van der Waals surface area contributed by atoms with Crippen LogP contribution < -0.4 is 14.4 Å². The van der Waals surface area contributed by atoms with Crippen molar-refractivity contribution in [1.82, 2.24) is 0 Å². The van der Waals surface area contributed by atoms with Gasteiger partial charge in [0.05, 0.1) is 18.2 Å². The third-order valence-electron chi connectivity index (χ3n) is 6.55. The number of anilines is 1. The number of fused-ring (bicyclic) bond motifs is 1. The Morgan fingerprint density at radius 3 is 2.51 bits per heavy atom. The zero-order valence-corrected chi connectivity index (χ0v) is 20.9. The van der Waals surface area contributed by atoms with Crippen LogP contribution in [0, 0.1) is 13.8 Å². The number of aliphatic hydroxyl groups is 1. The molecule has 0 radical (unpaired) electrons. The molecule has 2 aliphatic heterocycles. The minimum Gasteiger partial charge on any atom is -0.507 e. The topological polar surface area (TPSA) is 93.1 Å². The Morgan fingerprint density at radius 2 is 1.78 bits per heavy atom. The highest BCUT2D eigenvalue weighted by molar-refractivity contribution is 6.51. The average molecular weight is 498 g/mol. The van der Waals surface area contributed by atoms with Crippen molar-refractivity contribution >= 4 is 29.1 Å². The summed E-state index contributed by atoms with van der Waals surface area (Å²) in [6.07, 6.45) is 1.65.